The Bertz CT molecular complexity index is 1190. The second kappa shape index (κ2) is 10.4. The molecule has 0 saturated heterocycles. The summed E-state index contributed by atoms with van der Waals surface area (Å²) in [6.45, 7) is 4.11. The highest BCUT2D eigenvalue weighted by molar-refractivity contribution is 5.96. The second-order valence-corrected chi connectivity index (χ2v) is 8.95. The van der Waals surface area contributed by atoms with Crippen LogP contribution in [0.3, 0.4) is 0 Å². The predicted octanol–water partition coefficient (Wildman–Crippen LogP) is 4.39. The summed E-state index contributed by atoms with van der Waals surface area (Å²) in [6.07, 6.45) is 0.276. The van der Waals surface area contributed by atoms with E-state index in [1.165, 1.54) is 6.07 Å². The average molecular weight is 477 g/mol. The minimum Gasteiger partial charge on any atom is -0.480 e. The van der Waals surface area contributed by atoms with Crippen molar-refractivity contribution in [1.29, 1.82) is 0 Å². The monoisotopic (exact) mass is 476 g/mol. The van der Waals surface area contributed by atoms with Crippen LogP contribution in [0.2, 0.25) is 0 Å². The number of nitrogens with zero attached hydrogens (tertiary/aromatic N) is 1. The van der Waals surface area contributed by atoms with Crippen molar-refractivity contribution in [2.75, 3.05) is 11.9 Å². The van der Waals surface area contributed by atoms with Crippen LogP contribution in [0.4, 0.5) is 10.6 Å². The fourth-order valence-electron chi connectivity index (χ4n) is 4.23. The van der Waals surface area contributed by atoms with Gasteiger partial charge >= 0.3 is 12.1 Å². The van der Waals surface area contributed by atoms with Crippen LogP contribution >= 0.6 is 0 Å². The van der Waals surface area contributed by atoms with Crippen LogP contribution in [0.1, 0.15) is 54.2 Å². The van der Waals surface area contributed by atoms with Gasteiger partial charge in [-0.05, 0) is 41.0 Å². The molecule has 1 aliphatic carbocycles. The van der Waals surface area contributed by atoms with E-state index < -0.39 is 24.0 Å². The first-order valence-corrected chi connectivity index (χ1v) is 11.5. The standard InChI is InChI=1S/C26H28N4O5/c1-15(2)11-12-21(25(32)33)27-24(31)22-13-23(30-29-22)28-26(34)35-14-20-18-9-5-3-7-16(18)17-8-4-6-10-19(17)20/h3-10,13,15,20-21H,11-12,14H2,1-2H3,(H,27,31)(H,32,33)(H2,28,29,30,34). The fourth-order valence-corrected chi connectivity index (χ4v) is 4.23. The van der Waals surface area contributed by atoms with Gasteiger partial charge in [0.15, 0.2) is 5.82 Å². The van der Waals surface area contributed by atoms with Crippen LogP contribution in [-0.4, -0.2) is 45.9 Å². The Morgan fingerprint density at radius 2 is 1.66 bits per heavy atom. The van der Waals surface area contributed by atoms with Crippen LogP contribution in [0.25, 0.3) is 11.1 Å². The molecule has 182 valence electrons. The van der Waals surface area contributed by atoms with Gasteiger partial charge in [0.05, 0.1) is 0 Å². The normalized spacial score (nSPS) is 13.1. The molecule has 0 saturated carbocycles. The molecule has 1 aliphatic rings. The molecule has 0 aliphatic heterocycles. The third-order valence-electron chi connectivity index (χ3n) is 6.03. The highest BCUT2D eigenvalue weighted by Gasteiger charge is 2.29. The number of hydrogen-bond donors (Lipinski definition) is 4. The number of aliphatic carboxylic acids is 1. The van der Waals surface area contributed by atoms with Crippen molar-refractivity contribution >= 4 is 23.8 Å². The molecule has 9 nitrogen and oxygen atoms in total. The van der Waals surface area contributed by atoms with Gasteiger partial charge in [0, 0.05) is 12.0 Å². The molecule has 0 fully saturated rings. The Morgan fingerprint density at radius 3 is 2.26 bits per heavy atom. The van der Waals surface area contributed by atoms with Gasteiger partial charge < -0.3 is 15.2 Å². The lowest BCUT2D eigenvalue weighted by Crippen LogP contribution is -2.41. The minimum absolute atomic E-state index is 0.0368. The van der Waals surface area contributed by atoms with Crippen molar-refractivity contribution < 1.29 is 24.2 Å². The van der Waals surface area contributed by atoms with Crippen LogP contribution < -0.4 is 10.6 Å². The number of carboxylic acids is 1. The number of carboxylic acid groups (broad SMARTS) is 1. The zero-order valence-electron chi connectivity index (χ0n) is 19.6. The van der Waals surface area contributed by atoms with Crippen LogP contribution in [0.15, 0.2) is 54.6 Å². The number of nitrogens with one attached hydrogen (secondary N) is 3. The first-order valence-electron chi connectivity index (χ1n) is 11.5. The Kier molecular flexibility index (Phi) is 7.14. The summed E-state index contributed by atoms with van der Waals surface area (Å²) in [5.41, 5.74) is 4.51. The van der Waals surface area contributed by atoms with Crippen molar-refractivity contribution in [3.63, 3.8) is 0 Å². The van der Waals surface area contributed by atoms with Crippen molar-refractivity contribution in [1.82, 2.24) is 15.5 Å². The van der Waals surface area contributed by atoms with Gasteiger partial charge in [-0.15, -0.1) is 0 Å². The SMILES string of the molecule is CC(C)CCC(NC(=O)c1cc(NC(=O)OCC2c3ccccc3-c3ccccc32)n[nH]1)C(=O)O. The summed E-state index contributed by atoms with van der Waals surface area (Å²) in [5, 5.41) is 20.8. The van der Waals surface area contributed by atoms with Crippen LogP contribution in [0, 0.1) is 5.92 Å². The van der Waals surface area contributed by atoms with E-state index in [1.54, 1.807) is 0 Å². The summed E-state index contributed by atoms with van der Waals surface area (Å²) in [4.78, 5) is 36.3. The van der Waals surface area contributed by atoms with Crippen molar-refractivity contribution in [2.45, 2.75) is 38.6 Å². The van der Waals surface area contributed by atoms with E-state index in [0.717, 1.165) is 22.3 Å². The van der Waals surface area contributed by atoms with Gasteiger partial charge in [0.25, 0.3) is 5.91 Å². The lowest BCUT2D eigenvalue weighted by Gasteiger charge is -2.15. The number of carbonyl (C=O) groups excluding carboxylic acids is 2. The molecule has 0 radical (unpaired) electrons. The maximum atomic E-state index is 12.4. The number of fused-ring (bicyclic) bond motifs is 3. The maximum Gasteiger partial charge on any atom is 0.412 e. The molecule has 1 aromatic heterocycles. The zero-order chi connectivity index (χ0) is 24.9. The lowest BCUT2D eigenvalue weighted by atomic mass is 9.98. The lowest BCUT2D eigenvalue weighted by molar-refractivity contribution is -0.139. The van der Waals surface area contributed by atoms with Gasteiger partial charge in [-0.25, -0.2) is 9.59 Å². The number of hydrogen-bond acceptors (Lipinski definition) is 5. The number of ether oxygens (including phenoxy) is 1. The Hall–Kier alpha value is -4.14. The van der Waals surface area contributed by atoms with Crippen LogP contribution in [-0.2, 0) is 9.53 Å². The summed E-state index contributed by atoms with van der Waals surface area (Å²) in [7, 11) is 0. The molecular weight excluding hydrogens is 448 g/mol. The van der Waals surface area contributed by atoms with Gasteiger partial charge in [-0.2, -0.15) is 5.10 Å². The largest absolute Gasteiger partial charge is 0.480 e. The molecule has 1 atom stereocenters. The van der Waals surface area contributed by atoms with E-state index in [1.807, 2.05) is 50.2 Å². The minimum atomic E-state index is -1.10. The molecule has 2 amide bonds. The molecule has 0 spiro atoms. The van der Waals surface area contributed by atoms with E-state index in [0.29, 0.717) is 18.8 Å². The number of aromatic nitrogens is 2. The maximum absolute atomic E-state index is 12.4. The molecule has 2 aromatic carbocycles. The molecule has 9 heteroatoms. The molecule has 4 rings (SSSR count). The van der Waals surface area contributed by atoms with E-state index in [-0.39, 0.29) is 24.0 Å². The topological polar surface area (TPSA) is 133 Å². The number of rotatable bonds is 9. The average Bonchev–Trinajstić information content (AvgIpc) is 3.43. The van der Waals surface area contributed by atoms with Crippen molar-refractivity contribution in [2.24, 2.45) is 5.92 Å². The molecule has 0 bridgehead atoms. The van der Waals surface area contributed by atoms with E-state index in [4.69, 9.17) is 4.74 Å². The fraction of sp³-hybridized carbons (Fsp3) is 0.308. The number of aromatic amines is 1. The highest BCUT2D eigenvalue weighted by Crippen LogP contribution is 2.44. The summed E-state index contributed by atoms with van der Waals surface area (Å²) in [6, 6.07) is 16.4. The number of H-pyrrole nitrogens is 1. The van der Waals surface area contributed by atoms with E-state index in [9.17, 15) is 19.5 Å². The Labute approximate surface area is 202 Å². The number of benzene rings is 2. The highest BCUT2D eigenvalue weighted by atomic mass is 16.5. The predicted molar refractivity (Wildman–Crippen MR) is 130 cm³/mol. The van der Waals surface area contributed by atoms with Crippen molar-refractivity contribution in [3.8, 4) is 11.1 Å². The molecule has 35 heavy (non-hydrogen) atoms. The van der Waals surface area contributed by atoms with Crippen molar-refractivity contribution in [3.05, 3.63) is 71.4 Å². The summed E-state index contributed by atoms with van der Waals surface area (Å²) >= 11 is 0. The second-order valence-electron chi connectivity index (χ2n) is 8.95. The zero-order valence-corrected chi connectivity index (χ0v) is 19.6. The third kappa shape index (κ3) is 5.51. The quantitative estimate of drug-likeness (QED) is 0.362. The molecule has 1 unspecified atom stereocenters. The van der Waals surface area contributed by atoms with Gasteiger partial charge in [0.2, 0.25) is 0 Å². The van der Waals surface area contributed by atoms with Gasteiger partial charge in [-0.1, -0.05) is 62.4 Å². The first-order chi connectivity index (χ1) is 16.8. The third-order valence-corrected chi connectivity index (χ3v) is 6.03. The van der Waals surface area contributed by atoms with E-state index in [2.05, 4.69) is 33.0 Å². The number of carbonyl (C=O) groups is 3. The molecular formula is C26H28N4O5. The summed E-state index contributed by atoms with van der Waals surface area (Å²) in [5.74, 6) is -1.38. The number of amides is 2. The van der Waals surface area contributed by atoms with Gasteiger partial charge in [0.1, 0.15) is 18.3 Å². The number of anilines is 1. The van der Waals surface area contributed by atoms with E-state index >= 15 is 0 Å². The Balaban J connectivity index is 1.34. The first kappa shape index (κ1) is 24.0. The molecule has 3 aromatic rings. The smallest absolute Gasteiger partial charge is 0.412 e. The van der Waals surface area contributed by atoms with Crippen LogP contribution in [0.5, 0.6) is 0 Å². The van der Waals surface area contributed by atoms with Gasteiger partial charge in [-0.3, -0.25) is 15.2 Å². The molecule has 1 heterocycles. The Morgan fingerprint density at radius 1 is 1.03 bits per heavy atom. The summed E-state index contributed by atoms with van der Waals surface area (Å²) < 4.78 is 5.48. The molecule has 4 N–H and O–H groups in total.